The number of nitrogens with two attached hydrogens (primary N) is 1. The Labute approximate surface area is 94.9 Å². The topological polar surface area (TPSA) is 62.5 Å². The first-order chi connectivity index (χ1) is 7.68. The molecular weight excluding hydrogens is 204 g/mol. The summed E-state index contributed by atoms with van der Waals surface area (Å²) in [7, 11) is 3.88. The molecule has 2 rings (SSSR count). The van der Waals surface area contributed by atoms with Gasteiger partial charge < -0.3 is 15.5 Å². The Bertz CT molecular complexity index is 385. The number of primary amides is 1. The van der Waals surface area contributed by atoms with E-state index in [9.17, 15) is 4.79 Å². The van der Waals surface area contributed by atoms with E-state index < -0.39 is 5.91 Å². The predicted octanol–water partition coefficient (Wildman–Crippen LogP) is 0.0941. The van der Waals surface area contributed by atoms with E-state index >= 15 is 0 Å². The molecule has 5 heteroatoms. The fourth-order valence-electron chi connectivity index (χ4n) is 1.80. The van der Waals surface area contributed by atoms with Crippen LogP contribution in [0.2, 0.25) is 0 Å². The zero-order valence-corrected chi connectivity index (χ0v) is 9.09. The molecule has 5 nitrogen and oxygen atoms in total. The number of aromatic nitrogens is 1. The van der Waals surface area contributed by atoms with Crippen LogP contribution in [0.1, 0.15) is 10.4 Å². The molecule has 1 aromatic heterocycles. The smallest absolute Gasteiger partial charge is 0.252 e. The van der Waals surface area contributed by atoms with Crippen LogP contribution in [-0.2, 0) is 0 Å². The molecular formula is C11H15N4O-. The quantitative estimate of drug-likeness (QED) is 0.716. The maximum absolute atomic E-state index is 11.3. The number of hydrogen-bond acceptors (Lipinski definition) is 4. The van der Waals surface area contributed by atoms with Crippen molar-refractivity contribution in [1.29, 1.82) is 0 Å². The maximum atomic E-state index is 11.3. The molecule has 1 aliphatic heterocycles. The number of carbonyl (C=O) groups is 1. The van der Waals surface area contributed by atoms with E-state index in [1.807, 2.05) is 4.90 Å². The van der Waals surface area contributed by atoms with Crippen molar-refractivity contribution in [3.05, 3.63) is 30.9 Å². The summed E-state index contributed by atoms with van der Waals surface area (Å²) in [4.78, 5) is 19.6. The molecule has 0 aliphatic carbocycles. The third-order valence-electron chi connectivity index (χ3n) is 2.72. The third-order valence-corrected chi connectivity index (χ3v) is 2.72. The summed E-state index contributed by atoms with van der Waals surface area (Å²) in [6.07, 6.45) is 1.68. The molecule has 1 aromatic rings. The first kappa shape index (κ1) is 10.9. The molecule has 1 amide bonds. The molecule has 86 valence electrons. The Morgan fingerprint density at radius 3 is 2.69 bits per heavy atom. The highest BCUT2D eigenvalue weighted by Crippen LogP contribution is 2.18. The molecule has 0 atom stereocenters. The Morgan fingerprint density at radius 2 is 2.06 bits per heavy atom. The van der Waals surface area contributed by atoms with Gasteiger partial charge in [0.1, 0.15) is 5.82 Å². The molecule has 0 saturated carbocycles. The van der Waals surface area contributed by atoms with Gasteiger partial charge >= 0.3 is 0 Å². The first-order valence-electron chi connectivity index (χ1n) is 5.23. The van der Waals surface area contributed by atoms with Crippen LogP contribution in [0.25, 0.3) is 0 Å². The normalized spacial score (nSPS) is 17.4. The summed E-state index contributed by atoms with van der Waals surface area (Å²) in [5, 5.41) is 0. The van der Waals surface area contributed by atoms with Gasteiger partial charge in [-0.2, -0.15) is 0 Å². The lowest BCUT2D eigenvalue weighted by Crippen LogP contribution is -2.44. The maximum Gasteiger partial charge on any atom is 0.252 e. The zero-order valence-electron chi connectivity index (χ0n) is 9.09. The highest BCUT2D eigenvalue weighted by atomic mass is 16.1. The minimum Gasteiger partial charge on any atom is -0.456 e. The lowest BCUT2D eigenvalue weighted by atomic mass is 10.2. The number of anilines is 1. The minimum atomic E-state index is -0.430. The second kappa shape index (κ2) is 4.49. The Balaban J connectivity index is 2.23. The molecule has 2 heterocycles. The molecule has 16 heavy (non-hydrogen) atoms. The highest BCUT2D eigenvalue weighted by Gasteiger charge is 2.18. The van der Waals surface area contributed by atoms with Gasteiger partial charge in [-0.3, -0.25) is 11.8 Å². The number of carbonyl (C=O) groups excluding carboxylic acids is 1. The van der Waals surface area contributed by atoms with Gasteiger partial charge in [-0.25, -0.2) is 4.98 Å². The van der Waals surface area contributed by atoms with E-state index in [-0.39, 0.29) is 0 Å². The second-order valence-electron chi connectivity index (χ2n) is 3.84. The lowest BCUT2D eigenvalue weighted by molar-refractivity contribution is 0.100. The molecule has 1 aliphatic rings. The van der Waals surface area contributed by atoms with Crippen LogP contribution in [-0.4, -0.2) is 42.0 Å². The number of nitrogens with zero attached hydrogens (tertiary/aromatic N) is 3. The largest absolute Gasteiger partial charge is 0.456 e. The minimum absolute atomic E-state index is 0.430. The van der Waals surface area contributed by atoms with Crippen molar-refractivity contribution < 1.29 is 4.79 Å². The van der Waals surface area contributed by atoms with E-state index in [1.54, 1.807) is 18.3 Å². The summed E-state index contributed by atoms with van der Waals surface area (Å²) < 4.78 is 0. The van der Waals surface area contributed by atoms with Gasteiger partial charge in [0.2, 0.25) is 0 Å². The average Bonchev–Trinajstić information content (AvgIpc) is 2.30. The molecule has 2 N–H and O–H groups in total. The van der Waals surface area contributed by atoms with Crippen LogP contribution < -0.4 is 10.6 Å². The van der Waals surface area contributed by atoms with Crippen LogP contribution in [0.4, 0.5) is 5.82 Å². The number of pyridine rings is 1. The summed E-state index contributed by atoms with van der Waals surface area (Å²) >= 11 is 0. The summed E-state index contributed by atoms with van der Waals surface area (Å²) in [5.74, 6) is 0.253. The van der Waals surface area contributed by atoms with Crippen LogP contribution in [0.5, 0.6) is 0 Å². The van der Waals surface area contributed by atoms with Crippen molar-refractivity contribution in [3.8, 4) is 0 Å². The van der Waals surface area contributed by atoms with Crippen LogP contribution in [0, 0.1) is 7.05 Å². The number of piperazine rings is 1. The van der Waals surface area contributed by atoms with E-state index in [4.69, 9.17) is 5.73 Å². The molecule has 0 spiro atoms. The standard InChI is InChI=1S/C11H15N4O/c1-14-5-7-15(8-6-14)11-9(10(12)16)3-2-4-13-11/h2-4H,1,5-8H2,(H2,12,16)/q-1. The molecule has 0 aromatic carbocycles. The fourth-order valence-corrected chi connectivity index (χ4v) is 1.80. The van der Waals surface area contributed by atoms with Crippen LogP contribution >= 0.6 is 0 Å². The number of hydrogen-bond donors (Lipinski definition) is 1. The van der Waals surface area contributed by atoms with Crippen molar-refractivity contribution in [2.75, 3.05) is 31.1 Å². The molecule has 0 radical (unpaired) electrons. The van der Waals surface area contributed by atoms with E-state index in [1.165, 1.54) is 0 Å². The predicted molar refractivity (Wildman–Crippen MR) is 61.9 cm³/mol. The third kappa shape index (κ3) is 2.14. The SMILES string of the molecule is [CH2-]N1CCN(c2ncccc2C(N)=O)CC1. The Hall–Kier alpha value is -1.62. The lowest BCUT2D eigenvalue weighted by Gasteiger charge is -2.38. The van der Waals surface area contributed by atoms with Crippen molar-refractivity contribution in [3.63, 3.8) is 0 Å². The summed E-state index contributed by atoms with van der Waals surface area (Å²) in [6, 6.07) is 3.43. The van der Waals surface area contributed by atoms with Gasteiger partial charge in [0, 0.05) is 19.3 Å². The van der Waals surface area contributed by atoms with Crippen LogP contribution in [0.15, 0.2) is 18.3 Å². The van der Waals surface area contributed by atoms with Gasteiger partial charge in [0.05, 0.1) is 5.56 Å². The van der Waals surface area contributed by atoms with Gasteiger partial charge in [0.25, 0.3) is 5.91 Å². The van der Waals surface area contributed by atoms with Gasteiger partial charge in [-0.1, -0.05) is 0 Å². The highest BCUT2D eigenvalue weighted by molar-refractivity contribution is 5.97. The monoisotopic (exact) mass is 219 g/mol. The summed E-state index contributed by atoms with van der Waals surface area (Å²) in [6.45, 7) is 3.38. The van der Waals surface area contributed by atoms with Gasteiger partial charge in [-0.15, -0.1) is 0 Å². The second-order valence-corrected chi connectivity index (χ2v) is 3.84. The van der Waals surface area contributed by atoms with Crippen LogP contribution in [0.3, 0.4) is 0 Å². The summed E-state index contributed by atoms with van der Waals surface area (Å²) in [5.41, 5.74) is 5.81. The van der Waals surface area contributed by atoms with Crippen molar-refractivity contribution >= 4 is 11.7 Å². The van der Waals surface area contributed by atoms with E-state index in [0.717, 1.165) is 26.2 Å². The van der Waals surface area contributed by atoms with Gasteiger partial charge in [-0.05, 0) is 25.2 Å². The van der Waals surface area contributed by atoms with Crippen molar-refractivity contribution in [2.45, 2.75) is 0 Å². The molecule has 0 bridgehead atoms. The van der Waals surface area contributed by atoms with Crippen molar-refractivity contribution in [1.82, 2.24) is 9.88 Å². The van der Waals surface area contributed by atoms with E-state index in [0.29, 0.717) is 11.4 Å². The first-order valence-corrected chi connectivity index (χ1v) is 5.23. The van der Waals surface area contributed by atoms with Crippen molar-refractivity contribution in [2.24, 2.45) is 5.73 Å². The molecule has 1 fully saturated rings. The number of rotatable bonds is 2. The number of amides is 1. The average molecular weight is 219 g/mol. The Kier molecular flexibility index (Phi) is 3.05. The molecule has 0 unspecified atom stereocenters. The van der Waals surface area contributed by atoms with Gasteiger partial charge in [0.15, 0.2) is 0 Å². The molecule has 1 saturated heterocycles. The zero-order chi connectivity index (χ0) is 11.5. The Morgan fingerprint density at radius 1 is 1.38 bits per heavy atom. The van der Waals surface area contributed by atoms with E-state index in [2.05, 4.69) is 16.9 Å². The fraction of sp³-hybridized carbons (Fsp3) is 0.364.